The van der Waals surface area contributed by atoms with Gasteiger partial charge in [-0.2, -0.15) is 13.2 Å². The normalized spacial score (nSPS) is 16.4. The molecule has 0 radical (unpaired) electrons. The van der Waals surface area contributed by atoms with E-state index in [9.17, 15) is 22.8 Å². The van der Waals surface area contributed by atoms with E-state index in [4.69, 9.17) is 11.6 Å². The van der Waals surface area contributed by atoms with Crippen LogP contribution in [0.25, 0.3) is 0 Å². The molecule has 1 aromatic carbocycles. The molecule has 1 saturated heterocycles. The number of amides is 2. The van der Waals surface area contributed by atoms with Gasteiger partial charge in [-0.15, -0.1) is 0 Å². The Morgan fingerprint density at radius 2 is 1.59 bits per heavy atom. The second kappa shape index (κ2) is 6.56. The molecule has 0 atom stereocenters. The molecule has 0 unspecified atom stereocenters. The van der Waals surface area contributed by atoms with Crippen molar-refractivity contribution in [3.8, 4) is 0 Å². The summed E-state index contributed by atoms with van der Waals surface area (Å²) in [4.78, 5) is 25.8. The van der Waals surface area contributed by atoms with Crippen LogP contribution in [-0.2, 0) is 4.79 Å². The largest absolute Gasteiger partial charge is 0.471 e. The van der Waals surface area contributed by atoms with Crippen LogP contribution >= 0.6 is 11.6 Å². The predicted molar refractivity (Wildman–Crippen MR) is 74.6 cm³/mol. The SMILES string of the molecule is O=C(c1ccccc1Cl)N1CCCN(C(=O)C(F)(F)F)CC1. The third-order valence-corrected chi connectivity index (χ3v) is 3.75. The van der Waals surface area contributed by atoms with Crippen LogP contribution in [0.5, 0.6) is 0 Å². The first-order chi connectivity index (χ1) is 10.3. The van der Waals surface area contributed by atoms with Crippen molar-refractivity contribution < 1.29 is 22.8 Å². The van der Waals surface area contributed by atoms with E-state index >= 15 is 0 Å². The lowest BCUT2D eigenvalue weighted by atomic mass is 10.2. The minimum Gasteiger partial charge on any atom is -0.337 e. The number of hydrogen-bond donors (Lipinski definition) is 0. The lowest BCUT2D eigenvalue weighted by Crippen LogP contribution is -2.43. The first-order valence-corrected chi connectivity index (χ1v) is 7.08. The van der Waals surface area contributed by atoms with Gasteiger partial charge in [0.2, 0.25) is 0 Å². The standard InChI is InChI=1S/C14H14ClF3N2O2/c15-11-5-2-1-4-10(11)12(21)19-6-3-7-20(9-8-19)13(22)14(16,17)18/h1-2,4-5H,3,6-9H2. The van der Waals surface area contributed by atoms with Crippen LogP contribution in [0.3, 0.4) is 0 Å². The maximum absolute atomic E-state index is 12.5. The van der Waals surface area contributed by atoms with Gasteiger partial charge in [0.05, 0.1) is 10.6 Å². The highest BCUT2D eigenvalue weighted by Gasteiger charge is 2.42. The van der Waals surface area contributed by atoms with E-state index in [2.05, 4.69) is 0 Å². The highest BCUT2D eigenvalue weighted by molar-refractivity contribution is 6.33. The molecule has 1 aromatic rings. The van der Waals surface area contributed by atoms with Crippen LogP contribution in [0.15, 0.2) is 24.3 Å². The van der Waals surface area contributed by atoms with Gasteiger partial charge in [0.15, 0.2) is 0 Å². The first kappa shape index (κ1) is 16.6. The van der Waals surface area contributed by atoms with Crippen LogP contribution in [0.1, 0.15) is 16.8 Å². The number of nitrogens with zero attached hydrogens (tertiary/aromatic N) is 2. The molecule has 0 N–H and O–H groups in total. The average Bonchev–Trinajstić information content (AvgIpc) is 2.71. The number of carbonyl (C=O) groups is 2. The van der Waals surface area contributed by atoms with Crippen molar-refractivity contribution in [2.45, 2.75) is 12.6 Å². The van der Waals surface area contributed by atoms with Gasteiger partial charge in [0, 0.05) is 26.2 Å². The third-order valence-electron chi connectivity index (χ3n) is 3.42. The molecular weight excluding hydrogens is 321 g/mol. The third kappa shape index (κ3) is 3.71. The fourth-order valence-electron chi connectivity index (χ4n) is 2.31. The summed E-state index contributed by atoms with van der Waals surface area (Å²) < 4.78 is 37.4. The smallest absolute Gasteiger partial charge is 0.337 e. The average molecular weight is 335 g/mol. The van der Waals surface area contributed by atoms with Crippen LogP contribution in [0, 0.1) is 0 Å². The number of carbonyl (C=O) groups excluding carboxylic acids is 2. The zero-order chi connectivity index (χ0) is 16.3. The van der Waals surface area contributed by atoms with E-state index in [0.717, 1.165) is 4.90 Å². The van der Waals surface area contributed by atoms with Crippen LogP contribution in [0.2, 0.25) is 5.02 Å². The molecule has 8 heteroatoms. The van der Waals surface area contributed by atoms with Crippen molar-refractivity contribution >= 4 is 23.4 Å². The van der Waals surface area contributed by atoms with Gasteiger partial charge in [-0.05, 0) is 18.6 Å². The molecule has 2 amide bonds. The maximum Gasteiger partial charge on any atom is 0.471 e. The molecule has 0 bridgehead atoms. The molecule has 0 saturated carbocycles. The highest BCUT2D eigenvalue weighted by Crippen LogP contribution is 2.21. The number of alkyl halides is 3. The lowest BCUT2D eigenvalue weighted by Gasteiger charge is -2.23. The quantitative estimate of drug-likeness (QED) is 0.792. The molecule has 1 heterocycles. The predicted octanol–water partition coefficient (Wildman–Crippen LogP) is 2.58. The molecule has 1 aliphatic rings. The van der Waals surface area contributed by atoms with Crippen molar-refractivity contribution in [3.05, 3.63) is 34.9 Å². The zero-order valence-corrected chi connectivity index (χ0v) is 12.3. The van der Waals surface area contributed by atoms with Gasteiger partial charge in [-0.1, -0.05) is 23.7 Å². The summed E-state index contributed by atoms with van der Waals surface area (Å²) in [5, 5.41) is 0.292. The van der Waals surface area contributed by atoms with Gasteiger partial charge >= 0.3 is 12.1 Å². The second-order valence-corrected chi connectivity index (χ2v) is 5.32. The summed E-state index contributed by atoms with van der Waals surface area (Å²) in [7, 11) is 0. The minimum atomic E-state index is -4.89. The van der Waals surface area contributed by atoms with Crippen LogP contribution < -0.4 is 0 Å². The van der Waals surface area contributed by atoms with Crippen molar-refractivity contribution in [3.63, 3.8) is 0 Å². The van der Waals surface area contributed by atoms with E-state index in [1.807, 2.05) is 0 Å². The monoisotopic (exact) mass is 334 g/mol. The van der Waals surface area contributed by atoms with Crippen LogP contribution in [-0.4, -0.2) is 54.0 Å². The Hall–Kier alpha value is -1.76. The van der Waals surface area contributed by atoms with Crippen molar-refractivity contribution in [2.75, 3.05) is 26.2 Å². The highest BCUT2D eigenvalue weighted by atomic mass is 35.5. The maximum atomic E-state index is 12.5. The zero-order valence-electron chi connectivity index (χ0n) is 11.6. The van der Waals surface area contributed by atoms with E-state index in [-0.39, 0.29) is 38.5 Å². The molecule has 2 rings (SSSR count). The van der Waals surface area contributed by atoms with Gasteiger partial charge in [0.25, 0.3) is 5.91 Å². The van der Waals surface area contributed by atoms with Crippen molar-refractivity contribution in [1.82, 2.24) is 9.80 Å². The fourth-order valence-corrected chi connectivity index (χ4v) is 2.52. The lowest BCUT2D eigenvalue weighted by molar-refractivity contribution is -0.185. The minimum absolute atomic E-state index is 0.0232. The van der Waals surface area contributed by atoms with E-state index in [1.54, 1.807) is 24.3 Å². The summed E-state index contributed by atoms with van der Waals surface area (Å²) >= 11 is 5.96. The molecule has 0 spiro atoms. The van der Waals surface area contributed by atoms with Gasteiger partial charge in [-0.3, -0.25) is 9.59 Å². The Morgan fingerprint density at radius 1 is 1.00 bits per heavy atom. The summed E-state index contributed by atoms with van der Waals surface area (Å²) in [5.74, 6) is -2.20. The first-order valence-electron chi connectivity index (χ1n) is 6.70. The Bertz CT molecular complexity index is 577. The van der Waals surface area contributed by atoms with Crippen LogP contribution in [0.4, 0.5) is 13.2 Å². The Labute approximate surface area is 130 Å². The molecule has 1 fully saturated rings. The second-order valence-electron chi connectivity index (χ2n) is 4.92. The Balaban J connectivity index is 2.06. The summed E-state index contributed by atoms with van der Waals surface area (Å²) in [5.41, 5.74) is 0.305. The molecule has 4 nitrogen and oxygen atoms in total. The molecule has 22 heavy (non-hydrogen) atoms. The van der Waals surface area contributed by atoms with E-state index in [1.165, 1.54) is 4.90 Å². The van der Waals surface area contributed by atoms with E-state index < -0.39 is 12.1 Å². The van der Waals surface area contributed by atoms with Gasteiger partial charge in [-0.25, -0.2) is 0 Å². The molecule has 0 aromatic heterocycles. The van der Waals surface area contributed by atoms with E-state index in [0.29, 0.717) is 10.6 Å². The molecule has 0 aliphatic carbocycles. The number of rotatable bonds is 1. The van der Waals surface area contributed by atoms with Crippen molar-refractivity contribution in [2.24, 2.45) is 0 Å². The number of hydrogen-bond acceptors (Lipinski definition) is 2. The molecule has 120 valence electrons. The summed E-state index contributed by atoms with van der Waals surface area (Å²) in [6.07, 6.45) is -4.60. The Kier molecular flexibility index (Phi) is 4.95. The molecule has 1 aliphatic heterocycles. The van der Waals surface area contributed by atoms with Gasteiger partial charge in [0.1, 0.15) is 0 Å². The van der Waals surface area contributed by atoms with Gasteiger partial charge < -0.3 is 9.80 Å². The number of benzene rings is 1. The summed E-state index contributed by atoms with van der Waals surface area (Å²) in [6.45, 7) is 0.163. The van der Waals surface area contributed by atoms with Crippen molar-refractivity contribution in [1.29, 1.82) is 0 Å². The summed E-state index contributed by atoms with van der Waals surface area (Å²) in [6, 6.07) is 6.49. The molecular formula is C14H14ClF3N2O2. The fraction of sp³-hybridized carbons (Fsp3) is 0.429. The topological polar surface area (TPSA) is 40.6 Å². The number of halogens is 4. The Morgan fingerprint density at radius 3 is 2.23 bits per heavy atom.